The van der Waals surface area contributed by atoms with E-state index in [2.05, 4.69) is 29.2 Å². The van der Waals surface area contributed by atoms with Crippen molar-refractivity contribution in [1.82, 2.24) is 4.90 Å². The molecule has 1 aliphatic heterocycles. The first-order chi connectivity index (χ1) is 8.84. The van der Waals surface area contributed by atoms with E-state index >= 15 is 0 Å². The van der Waals surface area contributed by atoms with Crippen molar-refractivity contribution in [1.29, 1.82) is 0 Å². The number of rotatable bonds is 2. The van der Waals surface area contributed by atoms with E-state index < -0.39 is 0 Å². The largest absolute Gasteiger partial charge is 0.364 e. The number of allylic oxidation sites excluding steroid dienone is 2. The van der Waals surface area contributed by atoms with Crippen LogP contribution in [0.1, 0.15) is 37.7 Å². The molecule has 0 saturated heterocycles. The number of Topliss-reactive ketones (excluding diaryl/α,β-unsaturated/α-hetero) is 1. The fourth-order valence-corrected chi connectivity index (χ4v) is 3.10. The summed E-state index contributed by atoms with van der Waals surface area (Å²) in [5.74, 6) is 0.367. The van der Waals surface area contributed by atoms with Gasteiger partial charge in [0.1, 0.15) is 0 Å². The zero-order valence-electron chi connectivity index (χ0n) is 10.7. The Labute approximate surface area is 108 Å². The minimum absolute atomic E-state index is 0.367. The molecule has 1 aromatic carbocycles. The maximum Gasteiger partial charge on any atom is 0.178 e. The van der Waals surface area contributed by atoms with Crippen LogP contribution >= 0.6 is 0 Å². The van der Waals surface area contributed by atoms with Crippen molar-refractivity contribution >= 4 is 5.78 Å². The summed E-state index contributed by atoms with van der Waals surface area (Å²) >= 11 is 0. The van der Waals surface area contributed by atoms with Crippen molar-refractivity contribution in [3.05, 3.63) is 47.2 Å². The molecule has 0 spiro atoms. The van der Waals surface area contributed by atoms with Gasteiger partial charge in [0.05, 0.1) is 5.70 Å². The van der Waals surface area contributed by atoms with Gasteiger partial charge in [0.2, 0.25) is 0 Å². The number of benzene rings is 1. The van der Waals surface area contributed by atoms with Crippen LogP contribution in [0.15, 0.2) is 41.6 Å². The molecule has 3 rings (SSSR count). The highest BCUT2D eigenvalue weighted by Crippen LogP contribution is 2.32. The van der Waals surface area contributed by atoms with Gasteiger partial charge >= 0.3 is 0 Å². The number of carbonyl (C=O) groups is 1. The van der Waals surface area contributed by atoms with E-state index in [-0.39, 0.29) is 0 Å². The average Bonchev–Trinajstić information content (AvgIpc) is 2.40. The predicted molar refractivity (Wildman–Crippen MR) is 72.0 cm³/mol. The van der Waals surface area contributed by atoms with Crippen LogP contribution in [-0.4, -0.2) is 17.2 Å². The van der Waals surface area contributed by atoms with Crippen molar-refractivity contribution in [2.24, 2.45) is 0 Å². The highest BCUT2D eigenvalue weighted by Gasteiger charge is 2.28. The van der Waals surface area contributed by atoms with Gasteiger partial charge in [-0.1, -0.05) is 30.3 Å². The first-order valence-corrected chi connectivity index (χ1v) is 6.89. The second-order valence-electron chi connectivity index (χ2n) is 5.24. The number of hydrogen-bond acceptors (Lipinski definition) is 2. The highest BCUT2D eigenvalue weighted by atomic mass is 16.1. The predicted octanol–water partition coefficient (Wildman–Crippen LogP) is 3.29. The molecule has 0 N–H and O–H groups in total. The molecule has 1 heterocycles. The first kappa shape index (κ1) is 11.5. The van der Waals surface area contributed by atoms with Gasteiger partial charge in [-0.15, -0.1) is 0 Å². The van der Waals surface area contributed by atoms with E-state index in [1.165, 1.54) is 17.6 Å². The molecule has 0 saturated carbocycles. The second-order valence-corrected chi connectivity index (χ2v) is 5.24. The van der Waals surface area contributed by atoms with Gasteiger partial charge in [0, 0.05) is 19.5 Å². The molecule has 0 aromatic heterocycles. The Morgan fingerprint density at radius 2 is 1.78 bits per heavy atom. The molecule has 1 aliphatic carbocycles. The van der Waals surface area contributed by atoms with Crippen molar-refractivity contribution in [2.75, 3.05) is 6.54 Å². The van der Waals surface area contributed by atoms with Gasteiger partial charge in [-0.25, -0.2) is 0 Å². The van der Waals surface area contributed by atoms with Crippen molar-refractivity contribution < 1.29 is 4.79 Å². The molecule has 1 aromatic rings. The molecule has 0 atom stereocenters. The quantitative estimate of drug-likeness (QED) is 0.792. The number of ketones is 1. The summed E-state index contributed by atoms with van der Waals surface area (Å²) in [5.41, 5.74) is 3.76. The van der Waals surface area contributed by atoms with Crippen LogP contribution < -0.4 is 0 Å². The third-order valence-corrected chi connectivity index (χ3v) is 3.92. The molecular formula is C16H19NO. The standard InChI is InChI=1S/C16H19NO/c18-15-10-4-8-14-9-5-11-17(16(14)15)12-13-6-2-1-3-7-13/h1-3,6-7H,4-5,8-12H2. The van der Waals surface area contributed by atoms with Crippen LogP contribution in [0.5, 0.6) is 0 Å². The smallest absolute Gasteiger partial charge is 0.178 e. The molecular weight excluding hydrogens is 222 g/mol. The lowest BCUT2D eigenvalue weighted by Gasteiger charge is -2.35. The van der Waals surface area contributed by atoms with Crippen LogP contribution in [0.25, 0.3) is 0 Å². The Balaban J connectivity index is 1.85. The summed E-state index contributed by atoms with van der Waals surface area (Å²) in [6, 6.07) is 10.5. The van der Waals surface area contributed by atoms with Gasteiger partial charge < -0.3 is 4.90 Å². The van der Waals surface area contributed by atoms with Gasteiger partial charge in [0.15, 0.2) is 5.78 Å². The Hall–Kier alpha value is -1.57. The molecule has 0 radical (unpaired) electrons. The second kappa shape index (κ2) is 4.97. The Kier molecular flexibility index (Phi) is 3.18. The molecule has 0 fully saturated rings. The third kappa shape index (κ3) is 2.20. The molecule has 0 bridgehead atoms. The highest BCUT2D eigenvalue weighted by molar-refractivity contribution is 5.96. The monoisotopic (exact) mass is 241 g/mol. The fraction of sp³-hybridized carbons (Fsp3) is 0.438. The third-order valence-electron chi connectivity index (χ3n) is 3.92. The molecule has 2 heteroatoms. The first-order valence-electron chi connectivity index (χ1n) is 6.89. The lowest BCUT2D eigenvalue weighted by Crippen LogP contribution is -2.34. The van der Waals surface area contributed by atoms with Crippen LogP contribution in [0.2, 0.25) is 0 Å². The number of nitrogens with zero attached hydrogens (tertiary/aromatic N) is 1. The lowest BCUT2D eigenvalue weighted by atomic mass is 9.88. The van der Waals surface area contributed by atoms with Crippen LogP contribution in [0.4, 0.5) is 0 Å². The summed E-state index contributed by atoms with van der Waals surface area (Å²) in [4.78, 5) is 14.4. The summed E-state index contributed by atoms with van der Waals surface area (Å²) in [7, 11) is 0. The minimum Gasteiger partial charge on any atom is -0.364 e. The van der Waals surface area contributed by atoms with E-state index in [4.69, 9.17) is 0 Å². The lowest BCUT2D eigenvalue weighted by molar-refractivity contribution is -0.118. The van der Waals surface area contributed by atoms with Crippen LogP contribution in [0.3, 0.4) is 0 Å². The zero-order chi connectivity index (χ0) is 12.4. The zero-order valence-corrected chi connectivity index (χ0v) is 10.7. The summed E-state index contributed by atoms with van der Waals surface area (Å²) in [5, 5.41) is 0. The van der Waals surface area contributed by atoms with Crippen molar-refractivity contribution in [3.63, 3.8) is 0 Å². The molecule has 2 aliphatic rings. The van der Waals surface area contributed by atoms with Crippen molar-refractivity contribution in [2.45, 2.75) is 38.6 Å². The normalized spacial score (nSPS) is 20.0. The van der Waals surface area contributed by atoms with Gasteiger partial charge in [-0.05, 0) is 36.8 Å². The number of hydrogen-bond donors (Lipinski definition) is 0. The van der Waals surface area contributed by atoms with E-state index in [1.54, 1.807) is 0 Å². The van der Waals surface area contributed by atoms with Crippen molar-refractivity contribution in [3.8, 4) is 0 Å². The SMILES string of the molecule is O=C1CCCC2=C1N(Cc1ccccc1)CCC2. The summed E-state index contributed by atoms with van der Waals surface area (Å²) < 4.78 is 0. The maximum absolute atomic E-state index is 12.1. The molecule has 2 nitrogen and oxygen atoms in total. The summed E-state index contributed by atoms with van der Waals surface area (Å²) in [6.07, 6.45) is 5.25. The molecule has 18 heavy (non-hydrogen) atoms. The fourth-order valence-electron chi connectivity index (χ4n) is 3.10. The molecule has 0 amide bonds. The minimum atomic E-state index is 0.367. The van der Waals surface area contributed by atoms with Gasteiger partial charge in [-0.2, -0.15) is 0 Å². The number of carbonyl (C=O) groups excluding carboxylic acids is 1. The molecule has 94 valence electrons. The van der Waals surface area contributed by atoms with Gasteiger partial charge in [-0.3, -0.25) is 4.79 Å². The molecule has 0 unspecified atom stereocenters. The van der Waals surface area contributed by atoms with Crippen LogP contribution in [-0.2, 0) is 11.3 Å². The Bertz CT molecular complexity index is 471. The van der Waals surface area contributed by atoms with Gasteiger partial charge in [0.25, 0.3) is 0 Å². The van der Waals surface area contributed by atoms with E-state index in [0.717, 1.165) is 44.5 Å². The Morgan fingerprint density at radius 3 is 2.61 bits per heavy atom. The van der Waals surface area contributed by atoms with E-state index in [0.29, 0.717) is 5.78 Å². The van der Waals surface area contributed by atoms with Crippen LogP contribution in [0, 0.1) is 0 Å². The maximum atomic E-state index is 12.1. The average molecular weight is 241 g/mol. The van der Waals surface area contributed by atoms with E-state index in [9.17, 15) is 4.79 Å². The topological polar surface area (TPSA) is 20.3 Å². The Morgan fingerprint density at radius 1 is 1.00 bits per heavy atom. The summed E-state index contributed by atoms with van der Waals surface area (Å²) in [6.45, 7) is 1.91. The van der Waals surface area contributed by atoms with E-state index in [1.807, 2.05) is 6.07 Å².